The molecule has 1 aromatic carbocycles. The quantitative estimate of drug-likeness (QED) is 0.935. The highest BCUT2D eigenvalue weighted by atomic mass is 16.7. The highest BCUT2D eigenvalue weighted by Gasteiger charge is 2.26. The summed E-state index contributed by atoms with van der Waals surface area (Å²) in [6, 6.07) is 4.73. The lowest BCUT2D eigenvalue weighted by Crippen LogP contribution is -2.35. The van der Waals surface area contributed by atoms with Crippen molar-refractivity contribution in [2.24, 2.45) is 0 Å². The molecule has 1 saturated heterocycles. The Labute approximate surface area is 143 Å². The summed E-state index contributed by atoms with van der Waals surface area (Å²) in [5.74, 6) is 2.78. The maximum Gasteiger partial charge on any atom is 0.231 e. The summed E-state index contributed by atoms with van der Waals surface area (Å²) in [6.45, 7) is 9.12. The molecule has 0 radical (unpaired) electrons. The molecule has 0 bridgehead atoms. The minimum absolute atomic E-state index is 0.00513. The second-order valence-electron chi connectivity index (χ2n) is 7.97. The van der Waals surface area contributed by atoms with Crippen molar-refractivity contribution >= 4 is 11.0 Å². The molecule has 24 heavy (non-hydrogen) atoms. The van der Waals surface area contributed by atoms with Gasteiger partial charge in [0.15, 0.2) is 11.5 Å². The van der Waals surface area contributed by atoms with E-state index in [2.05, 4.69) is 36.7 Å². The van der Waals surface area contributed by atoms with Crippen LogP contribution in [-0.2, 0) is 12.0 Å². The predicted molar refractivity (Wildman–Crippen MR) is 94.8 cm³/mol. The SMILES string of the molecule is CC(C)(C)c1nc2cc3c(cc2n1CCC1CCCCN1)OCO3. The highest BCUT2D eigenvalue weighted by Crippen LogP contribution is 2.37. The van der Waals surface area contributed by atoms with Gasteiger partial charge in [0.25, 0.3) is 0 Å². The predicted octanol–water partition coefficient (Wildman–Crippen LogP) is 3.59. The van der Waals surface area contributed by atoms with Gasteiger partial charge in [-0.15, -0.1) is 0 Å². The Hall–Kier alpha value is -1.75. The van der Waals surface area contributed by atoms with E-state index in [-0.39, 0.29) is 5.41 Å². The largest absolute Gasteiger partial charge is 0.454 e. The molecule has 0 saturated carbocycles. The van der Waals surface area contributed by atoms with Gasteiger partial charge in [0, 0.05) is 30.1 Å². The van der Waals surface area contributed by atoms with Gasteiger partial charge in [-0.3, -0.25) is 0 Å². The topological polar surface area (TPSA) is 48.3 Å². The Kier molecular flexibility index (Phi) is 3.91. The number of hydrogen-bond donors (Lipinski definition) is 1. The minimum atomic E-state index is 0.00513. The van der Waals surface area contributed by atoms with E-state index in [1.54, 1.807) is 0 Å². The van der Waals surface area contributed by atoms with Gasteiger partial charge in [-0.2, -0.15) is 0 Å². The van der Waals surface area contributed by atoms with E-state index in [1.807, 2.05) is 6.07 Å². The van der Waals surface area contributed by atoms with E-state index in [0.29, 0.717) is 12.8 Å². The van der Waals surface area contributed by atoms with Crippen LogP contribution < -0.4 is 14.8 Å². The summed E-state index contributed by atoms with van der Waals surface area (Å²) in [6.07, 6.45) is 5.07. The summed E-state index contributed by atoms with van der Waals surface area (Å²) < 4.78 is 13.5. The molecule has 1 atom stereocenters. The number of imidazole rings is 1. The summed E-state index contributed by atoms with van der Waals surface area (Å²) in [5, 5.41) is 3.65. The first-order valence-corrected chi connectivity index (χ1v) is 9.06. The van der Waals surface area contributed by atoms with Crippen LogP contribution >= 0.6 is 0 Å². The van der Waals surface area contributed by atoms with E-state index >= 15 is 0 Å². The van der Waals surface area contributed by atoms with Gasteiger partial charge in [0.2, 0.25) is 6.79 Å². The lowest BCUT2D eigenvalue weighted by molar-refractivity contribution is 0.174. The number of fused-ring (bicyclic) bond motifs is 2. The van der Waals surface area contributed by atoms with Crippen LogP contribution in [0.1, 0.15) is 52.3 Å². The molecule has 2 aliphatic heterocycles. The van der Waals surface area contributed by atoms with Crippen molar-refractivity contribution in [2.45, 2.75) is 64.5 Å². The van der Waals surface area contributed by atoms with Crippen molar-refractivity contribution in [1.29, 1.82) is 0 Å². The first kappa shape index (κ1) is 15.8. The lowest BCUT2D eigenvalue weighted by Gasteiger charge is -2.25. The van der Waals surface area contributed by atoms with Gasteiger partial charge in [-0.05, 0) is 25.8 Å². The zero-order valence-electron chi connectivity index (χ0n) is 14.9. The fraction of sp³-hybridized carbons (Fsp3) is 0.632. The number of aryl methyl sites for hydroxylation is 1. The zero-order valence-corrected chi connectivity index (χ0v) is 14.9. The van der Waals surface area contributed by atoms with E-state index in [0.717, 1.165) is 47.9 Å². The number of rotatable bonds is 3. The van der Waals surface area contributed by atoms with E-state index in [4.69, 9.17) is 14.5 Å². The van der Waals surface area contributed by atoms with Gasteiger partial charge >= 0.3 is 0 Å². The van der Waals surface area contributed by atoms with Crippen LogP contribution in [0.5, 0.6) is 11.5 Å². The molecule has 2 aromatic rings. The number of nitrogens with one attached hydrogen (secondary N) is 1. The van der Waals surface area contributed by atoms with Crippen LogP contribution in [0.25, 0.3) is 11.0 Å². The number of aromatic nitrogens is 2. The molecular weight excluding hydrogens is 302 g/mol. The van der Waals surface area contributed by atoms with Crippen LogP contribution in [0.2, 0.25) is 0 Å². The maximum atomic E-state index is 5.58. The van der Waals surface area contributed by atoms with Gasteiger partial charge in [0.05, 0.1) is 11.0 Å². The lowest BCUT2D eigenvalue weighted by atomic mass is 9.95. The maximum absolute atomic E-state index is 5.58. The van der Waals surface area contributed by atoms with Crippen LogP contribution in [0.15, 0.2) is 12.1 Å². The molecule has 5 heteroatoms. The van der Waals surface area contributed by atoms with Gasteiger partial charge in [0.1, 0.15) is 5.82 Å². The van der Waals surface area contributed by atoms with Crippen LogP contribution in [0.3, 0.4) is 0 Å². The van der Waals surface area contributed by atoms with Crippen molar-refractivity contribution in [1.82, 2.24) is 14.9 Å². The standard InChI is InChI=1S/C19H27N3O2/c1-19(2,3)18-21-14-10-16-17(24-12-23-16)11-15(14)22(18)9-7-13-6-4-5-8-20-13/h10-11,13,20H,4-9,12H2,1-3H3. The number of hydrogen-bond acceptors (Lipinski definition) is 4. The number of nitrogens with zero attached hydrogens (tertiary/aromatic N) is 2. The Bertz CT molecular complexity index is 739. The van der Waals surface area contributed by atoms with Crippen LogP contribution in [0, 0.1) is 0 Å². The fourth-order valence-electron chi connectivity index (χ4n) is 3.77. The van der Waals surface area contributed by atoms with E-state index in [1.165, 1.54) is 19.3 Å². The molecule has 0 spiro atoms. The molecule has 0 aliphatic carbocycles. The molecule has 3 heterocycles. The number of ether oxygens (including phenoxy) is 2. The van der Waals surface area contributed by atoms with E-state index < -0.39 is 0 Å². The smallest absolute Gasteiger partial charge is 0.231 e. The molecule has 5 nitrogen and oxygen atoms in total. The fourth-order valence-corrected chi connectivity index (χ4v) is 3.77. The zero-order chi connectivity index (χ0) is 16.7. The second kappa shape index (κ2) is 5.96. The number of benzene rings is 1. The average Bonchev–Trinajstić information content (AvgIpc) is 3.15. The third-order valence-corrected chi connectivity index (χ3v) is 5.03. The van der Waals surface area contributed by atoms with Crippen LogP contribution in [-0.4, -0.2) is 28.9 Å². The van der Waals surface area contributed by atoms with E-state index in [9.17, 15) is 0 Å². The normalized spacial score (nSPS) is 20.7. The third kappa shape index (κ3) is 2.86. The minimum Gasteiger partial charge on any atom is -0.454 e. The van der Waals surface area contributed by atoms with Crippen molar-refractivity contribution in [3.8, 4) is 11.5 Å². The second-order valence-corrected chi connectivity index (χ2v) is 7.97. The summed E-state index contributed by atoms with van der Waals surface area (Å²) >= 11 is 0. The third-order valence-electron chi connectivity index (χ3n) is 5.03. The molecule has 1 N–H and O–H groups in total. The van der Waals surface area contributed by atoms with Crippen molar-refractivity contribution in [3.05, 3.63) is 18.0 Å². The molecule has 1 fully saturated rings. The molecular formula is C19H27N3O2. The first-order valence-electron chi connectivity index (χ1n) is 9.06. The molecule has 1 unspecified atom stereocenters. The van der Waals surface area contributed by atoms with Gasteiger partial charge in [-0.25, -0.2) is 4.98 Å². The van der Waals surface area contributed by atoms with Crippen LogP contribution in [0.4, 0.5) is 0 Å². The first-order chi connectivity index (χ1) is 11.5. The Morgan fingerprint density at radius 3 is 2.71 bits per heavy atom. The Morgan fingerprint density at radius 2 is 2.00 bits per heavy atom. The number of piperidine rings is 1. The van der Waals surface area contributed by atoms with Crippen molar-refractivity contribution < 1.29 is 9.47 Å². The summed E-state index contributed by atoms with van der Waals surface area (Å²) in [7, 11) is 0. The molecule has 0 amide bonds. The van der Waals surface area contributed by atoms with Crippen molar-refractivity contribution in [2.75, 3.05) is 13.3 Å². The van der Waals surface area contributed by atoms with Gasteiger partial charge < -0.3 is 19.4 Å². The Morgan fingerprint density at radius 1 is 1.21 bits per heavy atom. The summed E-state index contributed by atoms with van der Waals surface area (Å²) in [5.41, 5.74) is 2.16. The molecule has 4 rings (SSSR count). The molecule has 130 valence electrons. The highest BCUT2D eigenvalue weighted by molar-refractivity contribution is 5.81. The Balaban J connectivity index is 1.70. The van der Waals surface area contributed by atoms with Crippen molar-refractivity contribution in [3.63, 3.8) is 0 Å². The molecule has 1 aromatic heterocycles. The monoisotopic (exact) mass is 329 g/mol. The van der Waals surface area contributed by atoms with Gasteiger partial charge in [-0.1, -0.05) is 27.2 Å². The average molecular weight is 329 g/mol. The molecule has 2 aliphatic rings. The summed E-state index contributed by atoms with van der Waals surface area (Å²) in [4.78, 5) is 4.93.